The molecular formula is C20H17Cl2N3O. The van der Waals surface area contributed by atoms with E-state index in [-0.39, 0.29) is 5.56 Å². The predicted octanol–water partition coefficient (Wildman–Crippen LogP) is 4.30. The van der Waals surface area contributed by atoms with Crippen molar-refractivity contribution in [2.45, 2.75) is 19.5 Å². The molecule has 2 aromatic carbocycles. The molecule has 4 nitrogen and oxygen atoms in total. The van der Waals surface area contributed by atoms with E-state index < -0.39 is 0 Å². The average Bonchev–Trinajstić information content (AvgIpc) is 2.66. The lowest BCUT2D eigenvalue weighted by atomic mass is 10.0. The second kappa shape index (κ2) is 7.23. The molecule has 0 saturated carbocycles. The lowest BCUT2D eigenvalue weighted by Crippen LogP contribution is -2.35. The summed E-state index contributed by atoms with van der Waals surface area (Å²) in [6.07, 6.45) is 0.672. The normalized spacial score (nSPS) is 14.2. The smallest absolute Gasteiger partial charge is 0.254 e. The number of benzene rings is 2. The van der Waals surface area contributed by atoms with Crippen LogP contribution >= 0.6 is 23.2 Å². The predicted molar refractivity (Wildman–Crippen MR) is 105 cm³/mol. The average molecular weight is 386 g/mol. The van der Waals surface area contributed by atoms with Gasteiger partial charge in [0.1, 0.15) is 5.82 Å². The molecule has 1 N–H and O–H groups in total. The molecule has 1 aliphatic rings. The van der Waals surface area contributed by atoms with Crippen LogP contribution < -0.4 is 5.56 Å². The summed E-state index contributed by atoms with van der Waals surface area (Å²) >= 11 is 12.4. The minimum atomic E-state index is -0.0470. The zero-order valence-electron chi connectivity index (χ0n) is 14.0. The van der Waals surface area contributed by atoms with E-state index in [1.807, 2.05) is 42.5 Å². The lowest BCUT2D eigenvalue weighted by Gasteiger charge is -2.28. The van der Waals surface area contributed by atoms with Gasteiger partial charge in [-0.3, -0.25) is 9.69 Å². The number of hydrogen-bond donors (Lipinski definition) is 1. The molecule has 132 valence electrons. The number of nitrogens with one attached hydrogen (secondary N) is 1. The monoisotopic (exact) mass is 385 g/mol. The number of nitrogens with zero attached hydrogens (tertiary/aromatic N) is 2. The third-order valence-corrected chi connectivity index (χ3v) is 5.48. The summed E-state index contributed by atoms with van der Waals surface area (Å²) in [5.74, 6) is 0.608. The Labute approximate surface area is 161 Å². The van der Waals surface area contributed by atoms with Crippen LogP contribution in [-0.4, -0.2) is 21.4 Å². The van der Waals surface area contributed by atoms with Gasteiger partial charge in [-0.05, 0) is 18.1 Å². The number of halogens is 2. The van der Waals surface area contributed by atoms with E-state index in [1.54, 1.807) is 6.07 Å². The Hall–Kier alpha value is -2.14. The number of rotatable bonds is 3. The first-order valence-electron chi connectivity index (χ1n) is 8.44. The van der Waals surface area contributed by atoms with E-state index in [4.69, 9.17) is 28.2 Å². The molecule has 0 saturated heterocycles. The van der Waals surface area contributed by atoms with Crippen molar-refractivity contribution >= 4 is 23.2 Å². The van der Waals surface area contributed by atoms with E-state index in [2.05, 4.69) is 9.88 Å². The van der Waals surface area contributed by atoms with E-state index in [0.29, 0.717) is 35.4 Å². The molecule has 0 atom stereocenters. The molecule has 2 heterocycles. The molecular weight excluding hydrogens is 369 g/mol. The lowest BCUT2D eigenvalue weighted by molar-refractivity contribution is 0.240. The highest BCUT2D eigenvalue weighted by molar-refractivity contribution is 6.42. The largest absolute Gasteiger partial charge is 0.306 e. The topological polar surface area (TPSA) is 49.0 Å². The number of aromatic nitrogens is 2. The van der Waals surface area contributed by atoms with E-state index in [0.717, 1.165) is 28.9 Å². The molecule has 6 heteroatoms. The van der Waals surface area contributed by atoms with Crippen molar-refractivity contribution in [3.63, 3.8) is 0 Å². The fraction of sp³-hybridized carbons (Fsp3) is 0.200. The zero-order valence-corrected chi connectivity index (χ0v) is 15.5. The molecule has 0 spiro atoms. The van der Waals surface area contributed by atoms with Crippen LogP contribution in [0, 0.1) is 0 Å². The molecule has 0 aliphatic carbocycles. The Morgan fingerprint density at radius 1 is 1.08 bits per heavy atom. The Balaban J connectivity index is 1.63. The van der Waals surface area contributed by atoms with Crippen LogP contribution in [0.3, 0.4) is 0 Å². The fourth-order valence-corrected chi connectivity index (χ4v) is 3.65. The van der Waals surface area contributed by atoms with Crippen molar-refractivity contribution in [2.75, 3.05) is 6.54 Å². The molecule has 3 aromatic rings. The summed E-state index contributed by atoms with van der Waals surface area (Å²) in [6, 6.07) is 15.4. The number of aromatic amines is 1. The van der Waals surface area contributed by atoms with Gasteiger partial charge in [0.2, 0.25) is 0 Å². The standard InChI is InChI=1S/C20H17Cl2N3O/c21-16-8-4-7-14(18(16)22)11-25-10-9-15-17(12-25)23-19(24-20(15)26)13-5-2-1-3-6-13/h1-8H,9-12H2,(H,23,24,26). The van der Waals surface area contributed by atoms with Crippen LogP contribution in [0.1, 0.15) is 16.8 Å². The molecule has 4 rings (SSSR count). The number of hydrogen-bond acceptors (Lipinski definition) is 3. The highest BCUT2D eigenvalue weighted by atomic mass is 35.5. The highest BCUT2D eigenvalue weighted by Crippen LogP contribution is 2.28. The second-order valence-corrected chi connectivity index (χ2v) is 7.16. The summed E-state index contributed by atoms with van der Waals surface area (Å²) < 4.78 is 0. The Kier molecular flexibility index (Phi) is 4.81. The van der Waals surface area contributed by atoms with Crippen molar-refractivity contribution in [1.82, 2.24) is 14.9 Å². The zero-order chi connectivity index (χ0) is 18.1. The van der Waals surface area contributed by atoms with Crippen molar-refractivity contribution in [3.8, 4) is 11.4 Å². The second-order valence-electron chi connectivity index (χ2n) is 6.38. The van der Waals surface area contributed by atoms with Gasteiger partial charge in [0, 0.05) is 30.8 Å². The Bertz CT molecular complexity index is 1000. The molecule has 0 unspecified atom stereocenters. The third kappa shape index (κ3) is 3.40. The quantitative estimate of drug-likeness (QED) is 0.730. The fourth-order valence-electron chi connectivity index (χ4n) is 3.27. The van der Waals surface area contributed by atoms with Gasteiger partial charge in [-0.2, -0.15) is 0 Å². The molecule has 0 bridgehead atoms. The van der Waals surface area contributed by atoms with E-state index in [9.17, 15) is 4.79 Å². The van der Waals surface area contributed by atoms with Gasteiger partial charge in [-0.15, -0.1) is 0 Å². The van der Waals surface area contributed by atoms with Crippen molar-refractivity contribution in [1.29, 1.82) is 0 Å². The Morgan fingerprint density at radius 3 is 2.69 bits per heavy atom. The van der Waals surface area contributed by atoms with Crippen molar-refractivity contribution < 1.29 is 0 Å². The van der Waals surface area contributed by atoms with Gasteiger partial charge >= 0.3 is 0 Å². The van der Waals surface area contributed by atoms with Crippen LogP contribution in [0.2, 0.25) is 10.0 Å². The summed E-state index contributed by atoms with van der Waals surface area (Å²) in [4.78, 5) is 22.3. The first-order chi connectivity index (χ1) is 12.6. The third-order valence-electron chi connectivity index (χ3n) is 4.63. The maximum absolute atomic E-state index is 12.5. The van der Waals surface area contributed by atoms with Crippen LogP contribution in [0.25, 0.3) is 11.4 Å². The number of H-pyrrole nitrogens is 1. The van der Waals surface area contributed by atoms with Crippen LogP contribution in [0.15, 0.2) is 53.3 Å². The maximum Gasteiger partial charge on any atom is 0.254 e. The van der Waals surface area contributed by atoms with Gasteiger partial charge in [-0.25, -0.2) is 4.98 Å². The first-order valence-corrected chi connectivity index (χ1v) is 9.20. The van der Waals surface area contributed by atoms with Gasteiger partial charge in [-0.1, -0.05) is 65.7 Å². The molecule has 1 aromatic heterocycles. The van der Waals surface area contributed by atoms with Gasteiger partial charge in [0.05, 0.1) is 15.7 Å². The van der Waals surface area contributed by atoms with Gasteiger partial charge < -0.3 is 4.98 Å². The first kappa shape index (κ1) is 17.3. The minimum absolute atomic E-state index is 0.0470. The van der Waals surface area contributed by atoms with Crippen molar-refractivity contribution in [2.24, 2.45) is 0 Å². The number of fused-ring (bicyclic) bond motifs is 1. The van der Waals surface area contributed by atoms with Crippen LogP contribution in [0.4, 0.5) is 0 Å². The minimum Gasteiger partial charge on any atom is -0.306 e. The van der Waals surface area contributed by atoms with Crippen LogP contribution in [-0.2, 0) is 19.5 Å². The van der Waals surface area contributed by atoms with Gasteiger partial charge in [0.15, 0.2) is 0 Å². The summed E-state index contributed by atoms with van der Waals surface area (Å²) in [6.45, 7) is 2.07. The molecule has 26 heavy (non-hydrogen) atoms. The molecule has 0 amide bonds. The van der Waals surface area contributed by atoms with Crippen molar-refractivity contribution in [3.05, 3.63) is 85.8 Å². The van der Waals surface area contributed by atoms with E-state index in [1.165, 1.54) is 0 Å². The summed E-state index contributed by atoms with van der Waals surface area (Å²) in [5, 5.41) is 1.14. The molecule has 1 aliphatic heterocycles. The highest BCUT2D eigenvalue weighted by Gasteiger charge is 2.22. The van der Waals surface area contributed by atoms with E-state index >= 15 is 0 Å². The summed E-state index contributed by atoms with van der Waals surface area (Å²) in [5.41, 5.74) is 3.45. The van der Waals surface area contributed by atoms with Gasteiger partial charge in [0.25, 0.3) is 5.56 Å². The molecule has 0 radical (unpaired) electrons. The Morgan fingerprint density at radius 2 is 1.88 bits per heavy atom. The molecule has 0 fully saturated rings. The summed E-state index contributed by atoms with van der Waals surface area (Å²) in [7, 11) is 0. The van der Waals surface area contributed by atoms with Crippen LogP contribution in [0.5, 0.6) is 0 Å². The SMILES string of the molecule is O=c1[nH]c(-c2ccccc2)nc2c1CCN(Cc1cccc(Cl)c1Cl)C2. The maximum atomic E-state index is 12.5.